The number of anilines is 1. The minimum Gasteiger partial charge on any atom is -0.495 e. The van der Waals surface area contributed by atoms with E-state index >= 15 is 0 Å². The van der Waals surface area contributed by atoms with Gasteiger partial charge in [-0.25, -0.2) is 8.42 Å². The molecule has 0 spiro atoms. The maximum Gasteiger partial charge on any atom is 0.264 e. The fraction of sp³-hybridized carbons (Fsp3) is 0.297. The van der Waals surface area contributed by atoms with E-state index in [-0.39, 0.29) is 41.2 Å². The molecule has 10 heteroatoms. The van der Waals surface area contributed by atoms with Gasteiger partial charge in [0.1, 0.15) is 18.3 Å². The van der Waals surface area contributed by atoms with Crippen LogP contribution >= 0.6 is 11.6 Å². The van der Waals surface area contributed by atoms with Crippen LogP contribution in [0.3, 0.4) is 0 Å². The molecule has 47 heavy (non-hydrogen) atoms. The first-order chi connectivity index (χ1) is 22.4. The summed E-state index contributed by atoms with van der Waals surface area (Å²) in [4.78, 5) is 30.2. The largest absolute Gasteiger partial charge is 0.495 e. The van der Waals surface area contributed by atoms with Gasteiger partial charge in [-0.1, -0.05) is 84.8 Å². The van der Waals surface area contributed by atoms with Crippen LogP contribution in [-0.4, -0.2) is 50.9 Å². The zero-order valence-corrected chi connectivity index (χ0v) is 29.0. The lowest BCUT2D eigenvalue weighted by Crippen LogP contribution is -2.54. The van der Waals surface area contributed by atoms with Crippen molar-refractivity contribution in [2.24, 2.45) is 0 Å². The molecule has 2 amide bonds. The van der Waals surface area contributed by atoms with Crippen LogP contribution in [0.2, 0.25) is 5.02 Å². The Balaban J connectivity index is 1.86. The minimum atomic E-state index is -4.27. The Kier molecular flexibility index (Phi) is 12.1. The average molecular weight is 676 g/mol. The van der Waals surface area contributed by atoms with Crippen LogP contribution in [0.4, 0.5) is 5.69 Å². The van der Waals surface area contributed by atoms with Gasteiger partial charge < -0.3 is 15.0 Å². The molecule has 0 fully saturated rings. The topological polar surface area (TPSA) is 96.0 Å². The molecule has 0 aliphatic heterocycles. The summed E-state index contributed by atoms with van der Waals surface area (Å²) >= 11 is 6.33. The van der Waals surface area contributed by atoms with Crippen molar-refractivity contribution in [2.45, 2.75) is 64.1 Å². The molecular formula is C37H42ClN3O5S. The Hall–Kier alpha value is -4.34. The van der Waals surface area contributed by atoms with Gasteiger partial charge in [-0.2, -0.15) is 0 Å². The Bertz CT molecular complexity index is 1780. The molecule has 4 rings (SSSR count). The normalized spacial score (nSPS) is 12.6. The van der Waals surface area contributed by atoms with Gasteiger partial charge in [-0.15, -0.1) is 0 Å². The van der Waals surface area contributed by atoms with E-state index in [9.17, 15) is 18.0 Å². The van der Waals surface area contributed by atoms with Gasteiger partial charge in [0.25, 0.3) is 10.0 Å². The van der Waals surface area contributed by atoms with Crippen LogP contribution in [0.25, 0.3) is 0 Å². The first-order valence-corrected chi connectivity index (χ1v) is 17.4. The maximum atomic E-state index is 14.7. The van der Waals surface area contributed by atoms with Gasteiger partial charge in [0.05, 0.1) is 17.7 Å². The molecule has 0 saturated carbocycles. The molecule has 4 aromatic carbocycles. The summed E-state index contributed by atoms with van der Waals surface area (Å²) < 4.78 is 35.4. The van der Waals surface area contributed by atoms with Crippen LogP contribution in [-0.2, 0) is 32.6 Å². The quantitative estimate of drug-likeness (QED) is 0.160. The number of halogens is 1. The number of aryl methyl sites for hydroxylation is 2. The summed E-state index contributed by atoms with van der Waals surface area (Å²) in [5, 5.41) is 3.52. The molecule has 0 saturated heterocycles. The highest BCUT2D eigenvalue weighted by molar-refractivity contribution is 7.92. The number of amides is 2. The van der Waals surface area contributed by atoms with Gasteiger partial charge in [-0.3, -0.25) is 13.9 Å². The number of carbonyl (C=O) groups is 2. The number of nitrogens with one attached hydrogen (secondary N) is 1. The third kappa shape index (κ3) is 9.14. The Morgan fingerprint density at radius 2 is 1.53 bits per heavy atom. The third-order valence-electron chi connectivity index (χ3n) is 8.00. The number of benzene rings is 4. The number of hydrogen-bond acceptors (Lipinski definition) is 5. The summed E-state index contributed by atoms with van der Waals surface area (Å²) in [7, 11) is -2.82. The SMILES string of the molecule is CC[C@H](C)NC(=O)[C@@H](Cc1ccccc1)N(Cc1cccc(Cl)c1)C(=O)CN(c1cc(C)ccc1OC)S(=O)(=O)c1ccc(C)cc1. The smallest absolute Gasteiger partial charge is 0.264 e. The van der Waals surface area contributed by atoms with E-state index in [1.54, 1.807) is 48.5 Å². The molecule has 2 atom stereocenters. The van der Waals surface area contributed by atoms with E-state index in [4.69, 9.17) is 16.3 Å². The van der Waals surface area contributed by atoms with Crippen molar-refractivity contribution in [2.75, 3.05) is 18.0 Å². The summed E-state index contributed by atoms with van der Waals surface area (Å²) in [5.41, 5.74) is 3.44. The van der Waals surface area contributed by atoms with Crippen LogP contribution < -0.4 is 14.4 Å². The van der Waals surface area contributed by atoms with Crippen molar-refractivity contribution in [3.8, 4) is 5.75 Å². The number of rotatable bonds is 14. The van der Waals surface area contributed by atoms with Crippen molar-refractivity contribution in [1.29, 1.82) is 0 Å². The summed E-state index contributed by atoms with van der Waals surface area (Å²) in [5.74, 6) is -0.611. The number of ether oxygens (including phenoxy) is 1. The number of methoxy groups -OCH3 is 1. The number of hydrogen-bond donors (Lipinski definition) is 1. The lowest BCUT2D eigenvalue weighted by Gasteiger charge is -2.34. The van der Waals surface area contributed by atoms with Crippen molar-refractivity contribution >= 4 is 39.1 Å². The lowest BCUT2D eigenvalue weighted by molar-refractivity contribution is -0.140. The molecule has 248 valence electrons. The highest BCUT2D eigenvalue weighted by Gasteiger charge is 2.36. The van der Waals surface area contributed by atoms with E-state index in [0.29, 0.717) is 17.0 Å². The van der Waals surface area contributed by atoms with Crippen molar-refractivity contribution < 1.29 is 22.7 Å². The number of nitrogens with zero attached hydrogens (tertiary/aromatic N) is 2. The molecule has 0 bridgehead atoms. The molecule has 1 N–H and O–H groups in total. The highest BCUT2D eigenvalue weighted by atomic mass is 35.5. The lowest BCUT2D eigenvalue weighted by atomic mass is 10.0. The highest BCUT2D eigenvalue weighted by Crippen LogP contribution is 2.34. The van der Waals surface area contributed by atoms with Gasteiger partial charge in [0.15, 0.2) is 0 Å². The molecule has 0 aliphatic rings. The Morgan fingerprint density at radius 3 is 2.17 bits per heavy atom. The molecule has 4 aromatic rings. The molecule has 0 aliphatic carbocycles. The third-order valence-corrected chi connectivity index (χ3v) is 10.0. The van der Waals surface area contributed by atoms with Crippen molar-refractivity contribution in [1.82, 2.24) is 10.2 Å². The van der Waals surface area contributed by atoms with E-state index in [1.165, 1.54) is 24.1 Å². The standard InChI is InChI=1S/C37H42ClN3O5S/c1-6-28(4)39-37(43)34(23-29-11-8-7-9-12-29)40(24-30-13-10-14-31(38)22-30)36(42)25-41(33-21-27(3)17-20-35(33)46-5)47(44,45)32-18-15-26(2)16-19-32/h7-22,28,34H,6,23-25H2,1-5H3,(H,39,43)/t28-,34+/m0/s1. The van der Waals surface area contributed by atoms with E-state index in [2.05, 4.69) is 5.32 Å². The molecule has 0 unspecified atom stereocenters. The first-order valence-electron chi connectivity index (χ1n) is 15.5. The van der Waals surface area contributed by atoms with E-state index < -0.39 is 28.5 Å². The van der Waals surface area contributed by atoms with E-state index in [0.717, 1.165) is 21.0 Å². The van der Waals surface area contributed by atoms with E-state index in [1.807, 2.05) is 64.1 Å². The molecular weight excluding hydrogens is 634 g/mol. The van der Waals surface area contributed by atoms with Gasteiger partial charge in [0.2, 0.25) is 11.8 Å². The van der Waals surface area contributed by atoms with Crippen LogP contribution in [0, 0.1) is 13.8 Å². The van der Waals surface area contributed by atoms with Crippen LogP contribution in [0.15, 0.2) is 102 Å². The maximum absolute atomic E-state index is 14.7. The van der Waals surface area contributed by atoms with Crippen molar-refractivity contribution in [3.63, 3.8) is 0 Å². The second-order valence-electron chi connectivity index (χ2n) is 11.7. The zero-order valence-electron chi connectivity index (χ0n) is 27.4. The molecule has 0 radical (unpaired) electrons. The van der Waals surface area contributed by atoms with Crippen LogP contribution in [0.1, 0.15) is 42.5 Å². The fourth-order valence-electron chi connectivity index (χ4n) is 5.17. The zero-order chi connectivity index (χ0) is 34.1. The van der Waals surface area contributed by atoms with Gasteiger partial charge >= 0.3 is 0 Å². The number of sulfonamides is 1. The monoisotopic (exact) mass is 675 g/mol. The van der Waals surface area contributed by atoms with Gasteiger partial charge in [-0.05, 0) is 80.3 Å². The summed E-state index contributed by atoms with van der Waals surface area (Å²) in [6.07, 6.45) is 0.912. The molecule has 0 aromatic heterocycles. The molecule has 0 heterocycles. The summed E-state index contributed by atoms with van der Waals surface area (Å²) in [6.45, 7) is 7.01. The predicted molar refractivity (Wildman–Crippen MR) is 187 cm³/mol. The fourth-order valence-corrected chi connectivity index (χ4v) is 6.80. The minimum absolute atomic E-state index is 0.0220. The number of carbonyl (C=O) groups excluding carboxylic acids is 2. The molecule has 8 nitrogen and oxygen atoms in total. The average Bonchev–Trinajstić information content (AvgIpc) is 3.05. The summed E-state index contributed by atoms with van der Waals surface area (Å²) in [6, 6.07) is 27.0. The second-order valence-corrected chi connectivity index (χ2v) is 14.0. The second kappa shape index (κ2) is 16.0. The Morgan fingerprint density at radius 1 is 0.872 bits per heavy atom. The van der Waals surface area contributed by atoms with Gasteiger partial charge in [0, 0.05) is 24.0 Å². The Labute approximate surface area is 283 Å². The van der Waals surface area contributed by atoms with Crippen molar-refractivity contribution in [3.05, 3.63) is 124 Å². The predicted octanol–water partition coefficient (Wildman–Crippen LogP) is 6.72. The first kappa shape index (κ1) is 35.5. The van der Waals surface area contributed by atoms with Crippen LogP contribution in [0.5, 0.6) is 5.75 Å².